The molecule has 0 N–H and O–H groups in total. The maximum absolute atomic E-state index is 9.02. The highest BCUT2D eigenvalue weighted by Gasteiger charge is 2.20. The summed E-state index contributed by atoms with van der Waals surface area (Å²) >= 11 is 0. The zero-order chi connectivity index (χ0) is 35.7. The number of fused-ring (bicyclic) bond motifs is 3. The van der Waals surface area contributed by atoms with E-state index in [0.29, 0.717) is 33.2 Å². The third kappa shape index (κ3) is 4.56. The molecule has 6 rings (SSSR count). The summed E-state index contributed by atoms with van der Waals surface area (Å²) in [5.41, 5.74) is 2.07. The molecule has 2 heterocycles. The summed E-state index contributed by atoms with van der Waals surface area (Å²) in [6, 6.07) is 22.2. The van der Waals surface area contributed by atoms with Gasteiger partial charge in [-0.25, -0.2) is 4.85 Å². The number of hydrogen-bond donors (Lipinski definition) is 0. The maximum Gasteiger partial charge on any atom is 0.198 e. The van der Waals surface area contributed by atoms with Crippen LogP contribution >= 0.6 is 0 Å². The summed E-state index contributed by atoms with van der Waals surface area (Å²) < 4.78 is 83.2. The van der Waals surface area contributed by atoms with E-state index in [2.05, 4.69) is 9.83 Å². The van der Waals surface area contributed by atoms with Gasteiger partial charge in [-0.2, -0.15) is 0 Å². The monoisotopic (exact) mass is 529 g/mol. The molecule has 0 spiro atoms. The lowest BCUT2D eigenvalue weighted by atomic mass is 9.86. The minimum Gasteiger partial charge on any atom is -0.456 e. The summed E-state index contributed by atoms with van der Waals surface area (Å²) in [5.74, 6) is 0. The van der Waals surface area contributed by atoms with Gasteiger partial charge < -0.3 is 4.42 Å². The molecule has 0 saturated heterocycles. The highest BCUT2D eigenvalue weighted by atomic mass is 16.3. The van der Waals surface area contributed by atoms with Crippen molar-refractivity contribution in [2.75, 3.05) is 0 Å². The van der Waals surface area contributed by atoms with Gasteiger partial charge in [0.25, 0.3) is 0 Å². The Hall–Kier alpha value is -4.68. The SMILES string of the molecule is [2H]c1cc(C([2H])([2H])C(C)(C)C)cc(C([2H])([2H])[2H])c1-c1cc(-c2cccc3c2oc2c(-c4ccccc4)ccc([N+]#[C-])c23)ncc1C([2H])([2H])[2H]. The second-order valence-electron chi connectivity index (χ2n) is 10.8. The molecule has 0 aliphatic rings. The Bertz CT molecular complexity index is 2290. The zero-order valence-electron chi connectivity index (χ0n) is 31.4. The minimum absolute atomic E-state index is 0.0152. The lowest BCUT2D eigenvalue weighted by Crippen LogP contribution is -2.09. The Balaban J connectivity index is 1.66. The first-order chi connectivity index (χ1) is 22.8. The van der Waals surface area contributed by atoms with Gasteiger partial charge in [-0.3, -0.25) is 4.98 Å². The van der Waals surface area contributed by atoms with Gasteiger partial charge in [-0.1, -0.05) is 93.5 Å². The average molecular weight is 530 g/mol. The molecule has 40 heavy (non-hydrogen) atoms. The molecular weight excluding hydrogens is 488 g/mol. The predicted molar refractivity (Wildman–Crippen MR) is 167 cm³/mol. The van der Waals surface area contributed by atoms with Crippen LogP contribution < -0.4 is 0 Å². The van der Waals surface area contributed by atoms with Crippen LogP contribution in [0.25, 0.3) is 60.3 Å². The molecule has 0 fully saturated rings. The Morgan fingerprint density at radius 3 is 2.45 bits per heavy atom. The number of aryl methyl sites for hydroxylation is 2. The van der Waals surface area contributed by atoms with Gasteiger partial charge in [0.15, 0.2) is 5.69 Å². The van der Waals surface area contributed by atoms with E-state index < -0.39 is 25.5 Å². The lowest BCUT2D eigenvalue weighted by molar-refractivity contribution is 0.411. The molecular formula is C37H32N2O. The Labute approximate surface area is 248 Å². The van der Waals surface area contributed by atoms with Gasteiger partial charge in [0.2, 0.25) is 0 Å². The van der Waals surface area contributed by atoms with Crippen LogP contribution in [0.2, 0.25) is 0 Å². The van der Waals surface area contributed by atoms with Gasteiger partial charge in [0.1, 0.15) is 11.2 Å². The molecule has 6 aromatic rings. The van der Waals surface area contributed by atoms with Crippen LogP contribution in [-0.4, -0.2) is 4.98 Å². The fourth-order valence-electron chi connectivity index (χ4n) is 5.06. The molecule has 2 aromatic heterocycles. The molecule has 0 aliphatic heterocycles. The highest BCUT2D eigenvalue weighted by molar-refractivity contribution is 6.18. The molecule has 0 radical (unpaired) electrons. The summed E-state index contributed by atoms with van der Waals surface area (Å²) in [4.78, 5) is 8.26. The maximum atomic E-state index is 9.02. The quantitative estimate of drug-likeness (QED) is 0.213. The fourth-order valence-corrected chi connectivity index (χ4v) is 5.06. The van der Waals surface area contributed by atoms with Crippen molar-refractivity contribution in [2.45, 2.75) is 40.8 Å². The number of hydrogen-bond acceptors (Lipinski definition) is 2. The van der Waals surface area contributed by atoms with Gasteiger partial charge >= 0.3 is 0 Å². The molecule has 0 aliphatic carbocycles. The molecule has 0 atom stereocenters. The second kappa shape index (κ2) is 9.81. The number of aromatic nitrogens is 1. The first-order valence-corrected chi connectivity index (χ1v) is 12.9. The van der Waals surface area contributed by atoms with Gasteiger partial charge in [-0.05, 0) is 71.0 Å². The van der Waals surface area contributed by atoms with Crippen LogP contribution in [0, 0.1) is 25.7 Å². The van der Waals surface area contributed by atoms with Crippen LogP contribution in [0.1, 0.15) is 49.8 Å². The number of benzene rings is 4. The van der Waals surface area contributed by atoms with E-state index in [0.717, 1.165) is 11.1 Å². The summed E-state index contributed by atoms with van der Waals surface area (Å²) in [6.07, 6.45) is -0.832. The Morgan fingerprint density at radius 1 is 0.875 bits per heavy atom. The van der Waals surface area contributed by atoms with E-state index in [1.54, 1.807) is 39.0 Å². The van der Waals surface area contributed by atoms with Crippen molar-refractivity contribution in [1.29, 1.82) is 0 Å². The highest BCUT2D eigenvalue weighted by Crippen LogP contribution is 2.44. The van der Waals surface area contributed by atoms with E-state index in [4.69, 9.17) is 23.3 Å². The van der Waals surface area contributed by atoms with Gasteiger partial charge in [0, 0.05) is 39.1 Å². The number of nitrogens with zero attached hydrogens (tertiary/aromatic N) is 2. The predicted octanol–water partition coefficient (Wildman–Crippen LogP) is 10.7. The summed E-state index contributed by atoms with van der Waals surface area (Å²) in [5, 5.41) is 1.27. The summed E-state index contributed by atoms with van der Waals surface area (Å²) in [6.45, 7) is 7.36. The molecule has 0 amide bonds. The van der Waals surface area contributed by atoms with E-state index in [1.165, 1.54) is 24.4 Å². The normalized spacial score (nSPS) is 16.0. The lowest BCUT2D eigenvalue weighted by Gasteiger charge is -2.19. The smallest absolute Gasteiger partial charge is 0.198 e. The largest absolute Gasteiger partial charge is 0.456 e. The summed E-state index contributed by atoms with van der Waals surface area (Å²) in [7, 11) is 0. The molecule has 0 saturated carbocycles. The van der Waals surface area contributed by atoms with Gasteiger partial charge in [0.05, 0.1) is 13.6 Å². The van der Waals surface area contributed by atoms with Crippen LogP contribution in [-0.2, 0) is 6.37 Å². The van der Waals surface area contributed by atoms with E-state index >= 15 is 0 Å². The molecule has 3 heteroatoms. The molecule has 196 valence electrons. The minimum atomic E-state index is -2.81. The number of para-hydroxylation sites is 1. The number of furan rings is 1. The van der Waals surface area contributed by atoms with Crippen molar-refractivity contribution in [1.82, 2.24) is 4.98 Å². The number of pyridine rings is 1. The Morgan fingerprint density at radius 2 is 1.70 bits per heavy atom. The zero-order valence-corrected chi connectivity index (χ0v) is 22.4. The third-order valence-corrected chi connectivity index (χ3v) is 6.74. The third-order valence-electron chi connectivity index (χ3n) is 6.74. The molecule has 4 aromatic carbocycles. The van der Waals surface area contributed by atoms with Crippen molar-refractivity contribution in [3.63, 3.8) is 0 Å². The first kappa shape index (κ1) is 17.1. The molecule has 3 nitrogen and oxygen atoms in total. The van der Waals surface area contributed by atoms with Crippen LogP contribution in [0.3, 0.4) is 0 Å². The first-order valence-electron chi connectivity index (χ1n) is 17.4. The fraction of sp³-hybridized carbons (Fsp3) is 0.189. The van der Waals surface area contributed by atoms with Crippen molar-refractivity contribution in [3.05, 3.63) is 119 Å². The van der Waals surface area contributed by atoms with Crippen molar-refractivity contribution in [3.8, 4) is 33.5 Å². The van der Waals surface area contributed by atoms with Crippen molar-refractivity contribution in [2.24, 2.45) is 5.41 Å². The van der Waals surface area contributed by atoms with E-state index in [1.807, 2.05) is 42.5 Å². The van der Waals surface area contributed by atoms with Crippen LogP contribution in [0.5, 0.6) is 0 Å². The van der Waals surface area contributed by atoms with Gasteiger partial charge in [-0.15, -0.1) is 0 Å². The number of rotatable bonds is 4. The average Bonchev–Trinajstić information content (AvgIpc) is 3.43. The second-order valence-corrected chi connectivity index (χ2v) is 10.8. The van der Waals surface area contributed by atoms with Crippen LogP contribution in [0.15, 0.2) is 95.5 Å². The standard InChI is InChI=1S/C37H32N2O/c1-23-19-25(21-37(3,4)5)15-16-27(23)31-20-33(39-22-24(31)2)29-13-10-14-30-34-32(38-6)18-17-28(36(34)40-35(29)30)26-11-8-7-9-12-26/h7-20,22H,21H2,1-5H3/i1D3,2D3,16D,21D2. The van der Waals surface area contributed by atoms with E-state index in [9.17, 15) is 0 Å². The van der Waals surface area contributed by atoms with Crippen molar-refractivity contribution >= 4 is 27.6 Å². The Kier molecular flexibility index (Phi) is 4.19. The van der Waals surface area contributed by atoms with E-state index in [-0.39, 0.29) is 39.6 Å². The van der Waals surface area contributed by atoms with Crippen LogP contribution in [0.4, 0.5) is 5.69 Å². The molecule has 0 unspecified atom stereocenters. The van der Waals surface area contributed by atoms with Crippen molar-refractivity contribution < 1.29 is 16.8 Å². The molecule has 0 bridgehead atoms. The topological polar surface area (TPSA) is 30.4 Å².